The van der Waals surface area contributed by atoms with Gasteiger partial charge in [0.05, 0.1) is 16.6 Å². The average Bonchev–Trinajstić information content (AvgIpc) is 3.84. The molecule has 0 aliphatic heterocycles. The minimum Gasteiger partial charge on any atom is -0.309 e. The Kier molecular flexibility index (Phi) is 6.23. The number of pyridine rings is 1. The molecule has 3 aromatic heterocycles. The summed E-state index contributed by atoms with van der Waals surface area (Å²) in [5, 5.41) is 9.05. The highest BCUT2D eigenvalue weighted by molar-refractivity contribution is 6.21. The molecule has 0 saturated carbocycles. The van der Waals surface area contributed by atoms with Crippen molar-refractivity contribution in [2.24, 2.45) is 0 Å². The monoisotopic (exact) mass is 703 g/mol. The lowest BCUT2D eigenvalue weighted by atomic mass is 9.81. The van der Waals surface area contributed by atoms with E-state index in [1.165, 1.54) is 105 Å². The van der Waals surface area contributed by atoms with Gasteiger partial charge in [-0.1, -0.05) is 129 Å². The molecule has 55 heavy (non-hydrogen) atoms. The summed E-state index contributed by atoms with van der Waals surface area (Å²) in [7, 11) is 0. The maximum Gasteiger partial charge on any atom is 0.137 e. The second-order valence-electron chi connectivity index (χ2n) is 15.8. The van der Waals surface area contributed by atoms with E-state index in [1.807, 2.05) is 12.3 Å². The lowest BCUT2D eigenvalue weighted by molar-refractivity contribution is 0.663. The fraction of sp³-hybridized carbons (Fsp3) is 0.0962. The molecule has 3 heterocycles. The third kappa shape index (κ3) is 4.13. The van der Waals surface area contributed by atoms with Gasteiger partial charge >= 0.3 is 0 Å². The highest BCUT2D eigenvalue weighted by Crippen LogP contribution is 2.55. The first kappa shape index (κ1) is 30.7. The van der Waals surface area contributed by atoms with Crippen LogP contribution in [0, 0.1) is 0 Å². The molecule has 260 valence electrons. The molecular formula is C52H37N3. The zero-order valence-corrected chi connectivity index (χ0v) is 30.8. The fourth-order valence-electron chi connectivity index (χ4n) is 10.3. The van der Waals surface area contributed by atoms with Crippen LogP contribution in [-0.2, 0) is 11.8 Å². The fourth-order valence-corrected chi connectivity index (χ4v) is 10.3. The number of nitrogens with zero attached hydrogens (tertiary/aromatic N) is 3. The predicted octanol–water partition coefficient (Wildman–Crippen LogP) is 13.2. The standard InChI is InChI=1S/C52H37N3/c1-52(2)44-27-23-32-14-6-7-17-35(32)48(44)40-26-25-39-42-30-33(24-28-46(42)55(51(39)49(40)52)47-22-12-13-29-53-47)41-31-43-37-19-10-11-21-45(37)54(34-15-4-3-5-16-34)50(43)38-20-9-8-18-36(38)41/h3-23,25-27,29-31H,24,28H2,1-2H3. The minimum atomic E-state index is -0.192. The highest BCUT2D eigenvalue weighted by atomic mass is 15.1. The van der Waals surface area contributed by atoms with Gasteiger partial charge in [0, 0.05) is 50.1 Å². The van der Waals surface area contributed by atoms with E-state index in [2.05, 4.69) is 175 Å². The largest absolute Gasteiger partial charge is 0.309 e. The molecule has 7 aromatic carbocycles. The molecule has 0 bridgehead atoms. The molecule has 0 fully saturated rings. The summed E-state index contributed by atoms with van der Waals surface area (Å²) in [6, 6.07) is 55.8. The van der Waals surface area contributed by atoms with Crippen molar-refractivity contribution in [3.8, 4) is 22.6 Å². The van der Waals surface area contributed by atoms with Crippen molar-refractivity contribution in [1.82, 2.24) is 14.1 Å². The van der Waals surface area contributed by atoms with E-state index in [-0.39, 0.29) is 5.41 Å². The molecular weight excluding hydrogens is 667 g/mol. The van der Waals surface area contributed by atoms with Crippen molar-refractivity contribution in [3.63, 3.8) is 0 Å². The van der Waals surface area contributed by atoms with Crippen LogP contribution in [0.15, 0.2) is 158 Å². The average molecular weight is 704 g/mol. The van der Waals surface area contributed by atoms with Gasteiger partial charge in [-0.3, -0.25) is 4.57 Å². The number of allylic oxidation sites excluding steroid dienone is 1. The molecule has 0 unspecified atom stereocenters. The third-order valence-corrected chi connectivity index (χ3v) is 12.6. The summed E-state index contributed by atoms with van der Waals surface area (Å²) in [5.74, 6) is 0.983. The van der Waals surface area contributed by atoms with Gasteiger partial charge in [0.2, 0.25) is 0 Å². The van der Waals surface area contributed by atoms with Crippen molar-refractivity contribution in [3.05, 3.63) is 186 Å². The lowest BCUT2D eigenvalue weighted by Crippen LogP contribution is -2.17. The van der Waals surface area contributed by atoms with Crippen LogP contribution in [0.3, 0.4) is 0 Å². The topological polar surface area (TPSA) is 22.8 Å². The Hall–Kier alpha value is -6.71. The van der Waals surface area contributed by atoms with Crippen molar-refractivity contribution in [2.45, 2.75) is 32.1 Å². The molecule has 0 N–H and O–H groups in total. The van der Waals surface area contributed by atoms with Gasteiger partial charge in [-0.2, -0.15) is 0 Å². The Morgan fingerprint density at radius 3 is 2.13 bits per heavy atom. The first-order chi connectivity index (χ1) is 27.1. The van der Waals surface area contributed by atoms with E-state index in [4.69, 9.17) is 4.98 Å². The predicted molar refractivity (Wildman–Crippen MR) is 231 cm³/mol. The van der Waals surface area contributed by atoms with Gasteiger partial charge in [0.25, 0.3) is 0 Å². The number of benzene rings is 7. The summed E-state index contributed by atoms with van der Waals surface area (Å²) in [6.07, 6.45) is 6.32. The van der Waals surface area contributed by atoms with Gasteiger partial charge in [-0.25, -0.2) is 4.98 Å². The first-order valence-corrected chi connectivity index (χ1v) is 19.4. The summed E-state index contributed by atoms with van der Waals surface area (Å²) in [5.41, 5.74) is 15.6. The van der Waals surface area contributed by atoms with Crippen LogP contribution >= 0.6 is 0 Å². The molecule has 3 heteroatoms. The van der Waals surface area contributed by atoms with Crippen molar-refractivity contribution < 1.29 is 0 Å². The van der Waals surface area contributed by atoms with E-state index in [0.29, 0.717) is 0 Å². The Labute approximate surface area is 319 Å². The van der Waals surface area contributed by atoms with Crippen molar-refractivity contribution in [2.75, 3.05) is 0 Å². The summed E-state index contributed by atoms with van der Waals surface area (Å²) >= 11 is 0. The number of para-hydroxylation sites is 2. The van der Waals surface area contributed by atoms with Gasteiger partial charge in [0.1, 0.15) is 5.82 Å². The SMILES string of the molecule is CC1(C)c2ccc3ccccc3c2-c2ccc3c4c(n(-c5ccccn5)c3c21)CCC(c1cc2c3ccccc3n(-c3ccccc3)c2c2ccccc12)=C4. The van der Waals surface area contributed by atoms with E-state index >= 15 is 0 Å². The van der Waals surface area contributed by atoms with Crippen LogP contribution < -0.4 is 0 Å². The first-order valence-electron chi connectivity index (χ1n) is 19.4. The Morgan fingerprint density at radius 1 is 0.545 bits per heavy atom. The second-order valence-corrected chi connectivity index (χ2v) is 15.8. The normalized spacial score (nSPS) is 14.5. The molecule has 3 nitrogen and oxygen atoms in total. The number of fused-ring (bicyclic) bond motifs is 14. The van der Waals surface area contributed by atoms with Gasteiger partial charge in [0.15, 0.2) is 0 Å². The quantitative estimate of drug-likeness (QED) is 0.180. The molecule has 0 saturated heterocycles. The van der Waals surface area contributed by atoms with E-state index in [0.717, 1.165) is 18.7 Å². The molecule has 0 atom stereocenters. The zero-order chi connectivity index (χ0) is 36.4. The van der Waals surface area contributed by atoms with Gasteiger partial charge in [-0.15, -0.1) is 0 Å². The van der Waals surface area contributed by atoms with Crippen LogP contribution in [0.1, 0.15) is 48.2 Å². The summed E-state index contributed by atoms with van der Waals surface area (Å²) in [6.45, 7) is 4.82. The maximum atomic E-state index is 5.00. The van der Waals surface area contributed by atoms with Crippen LogP contribution in [-0.4, -0.2) is 14.1 Å². The van der Waals surface area contributed by atoms with Crippen LogP contribution in [0.5, 0.6) is 0 Å². The van der Waals surface area contributed by atoms with Crippen LogP contribution in [0.2, 0.25) is 0 Å². The molecule has 0 spiro atoms. The summed E-state index contributed by atoms with van der Waals surface area (Å²) < 4.78 is 4.95. The number of hydrogen-bond donors (Lipinski definition) is 0. The van der Waals surface area contributed by atoms with Crippen LogP contribution in [0.25, 0.3) is 88.5 Å². The molecule has 10 aromatic rings. The van der Waals surface area contributed by atoms with Crippen LogP contribution in [0.4, 0.5) is 0 Å². The molecule has 0 amide bonds. The number of hydrogen-bond acceptors (Lipinski definition) is 1. The minimum absolute atomic E-state index is 0.192. The molecule has 2 aliphatic rings. The number of aromatic nitrogens is 3. The zero-order valence-electron chi connectivity index (χ0n) is 30.8. The van der Waals surface area contributed by atoms with E-state index < -0.39 is 0 Å². The third-order valence-electron chi connectivity index (χ3n) is 12.6. The van der Waals surface area contributed by atoms with Gasteiger partial charge < -0.3 is 4.57 Å². The Bertz CT molecular complexity index is 3270. The van der Waals surface area contributed by atoms with Gasteiger partial charge in [-0.05, 0) is 105 Å². The lowest BCUT2D eigenvalue weighted by Gasteiger charge is -2.24. The van der Waals surface area contributed by atoms with Crippen molar-refractivity contribution >= 4 is 65.9 Å². The maximum absolute atomic E-state index is 5.00. The molecule has 2 aliphatic carbocycles. The highest BCUT2D eigenvalue weighted by Gasteiger charge is 2.40. The Balaban J connectivity index is 1.15. The molecule has 0 radical (unpaired) electrons. The van der Waals surface area contributed by atoms with E-state index in [9.17, 15) is 0 Å². The smallest absolute Gasteiger partial charge is 0.137 e. The number of rotatable bonds is 3. The second kappa shape index (κ2) is 11.2. The Morgan fingerprint density at radius 2 is 1.29 bits per heavy atom. The summed E-state index contributed by atoms with van der Waals surface area (Å²) in [4.78, 5) is 5.00. The molecule has 12 rings (SSSR count). The van der Waals surface area contributed by atoms with E-state index in [1.54, 1.807) is 0 Å². The van der Waals surface area contributed by atoms with Crippen molar-refractivity contribution in [1.29, 1.82) is 0 Å².